The highest BCUT2D eigenvalue weighted by Gasteiger charge is 2.13. The van der Waals surface area contributed by atoms with E-state index in [9.17, 15) is 4.79 Å². The molecule has 1 aromatic carbocycles. The number of rotatable bonds is 7. The zero-order chi connectivity index (χ0) is 14.9. The summed E-state index contributed by atoms with van der Waals surface area (Å²) in [5.41, 5.74) is 6.20. The number of ether oxygens (including phenoxy) is 1. The van der Waals surface area contributed by atoms with Gasteiger partial charge in [0.15, 0.2) is 0 Å². The van der Waals surface area contributed by atoms with Gasteiger partial charge >= 0.3 is 0 Å². The van der Waals surface area contributed by atoms with Gasteiger partial charge in [-0.2, -0.15) is 0 Å². The molecule has 0 spiro atoms. The van der Waals surface area contributed by atoms with Gasteiger partial charge in [0.1, 0.15) is 5.75 Å². The molecule has 124 valence electrons. The predicted octanol–water partition coefficient (Wildman–Crippen LogP) is 3.74. The van der Waals surface area contributed by atoms with Crippen LogP contribution in [-0.2, 0) is 4.79 Å². The molecule has 0 bridgehead atoms. The summed E-state index contributed by atoms with van der Waals surface area (Å²) < 4.78 is 5.84. The van der Waals surface area contributed by atoms with Crippen molar-refractivity contribution in [2.24, 2.45) is 11.7 Å². The van der Waals surface area contributed by atoms with Gasteiger partial charge in [-0.3, -0.25) is 4.79 Å². The number of halogens is 1. The predicted molar refractivity (Wildman–Crippen MR) is 92.7 cm³/mol. The van der Waals surface area contributed by atoms with E-state index in [-0.39, 0.29) is 18.3 Å². The van der Waals surface area contributed by atoms with Gasteiger partial charge in [0.05, 0.1) is 6.61 Å². The first-order valence-electron chi connectivity index (χ1n) is 8.00. The smallest absolute Gasteiger partial charge is 0.224 e. The maximum absolute atomic E-state index is 11.6. The zero-order valence-electron chi connectivity index (χ0n) is 13.1. The van der Waals surface area contributed by atoms with E-state index in [0.29, 0.717) is 25.3 Å². The molecule has 1 fully saturated rings. The summed E-state index contributed by atoms with van der Waals surface area (Å²) in [6, 6.07) is 7.61. The van der Waals surface area contributed by atoms with Crippen LogP contribution in [0.1, 0.15) is 44.9 Å². The Morgan fingerprint density at radius 3 is 2.50 bits per heavy atom. The Labute approximate surface area is 139 Å². The third kappa shape index (κ3) is 6.67. The van der Waals surface area contributed by atoms with Crippen LogP contribution in [0.5, 0.6) is 5.75 Å². The lowest BCUT2D eigenvalue weighted by Gasteiger charge is -2.21. The minimum atomic E-state index is 0. The standard InChI is InChI=1S/C17H26N2O2.ClH/c18-12-4-7-17(20)19-15-8-10-16(11-9-15)21-13-14-5-2-1-3-6-14;/h8-11,14H,1-7,12-13,18H2,(H,19,20);1H. The fourth-order valence-electron chi connectivity index (χ4n) is 2.69. The molecule has 0 aromatic heterocycles. The van der Waals surface area contributed by atoms with Gasteiger partial charge in [-0.1, -0.05) is 19.3 Å². The third-order valence-corrected chi connectivity index (χ3v) is 3.96. The van der Waals surface area contributed by atoms with E-state index in [1.807, 2.05) is 24.3 Å². The van der Waals surface area contributed by atoms with E-state index in [0.717, 1.165) is 18.0 Å². The molecule has 0 saturated heterocycles. The second-order valence-electron chi connectivity index (χ2n) is 5.78. The fraction of sp³-hybridized carbons (Fsp3) is 0.588. The lowest BCUT2D eigenvalue weighted by Crippen LogP contribution is -2.15. The molecule has 22 heavy (non-hydrogen) atoms. The fourth-order valence-corrected chi connectivity index (χ4v) is 2.69. The summed E-state index contributed by atoms with van der Waals surface area (Å²) in [6.45, 7) is 1.35. The molecule has 1 amide bonds. The first-order chi connectivity index (χ1) is 10.3. The normalized spacial score (nSPS) is 15.0. The Morgan fingerprint density at radius 2 is 1.86 bits per heavy atom. The average molecular weight is 327 g/mol. The van der Waals surface area contributed by atoms with Crippen molar-refractivity contribution < 1.29 is 9.53 Å². The number of carbonyl (C=O) groups excluding carboxylic acids is 1. The topological polar surface area (TPSA) is 64.4 Å². The average Bonchev–Trinajstić information content (AvgIpc) is 2.53. The SMILES string of the molecule is Cl.NCCCC(=O)Nc1ccc(OCC2CCCCC2)cc1. The van der Waals surface area contributed by atoms with E-state index in [4.69, 9.17) is 10.5 Å². The van der Waals surface area contributed by atoms with Crippen LogP contribution in [0.15, 0.2) is 24.3 Å². The Morgan fingerprint density at radius 1 is 1.18 bits per heavy atom. The molecule has 0 aliphatic heterocycles. The van der Waals surface area contributed by atoms with Gasteiger partial charge in [0.2, 0.25) is 5.91 Å². The summed E-state index contributed by atoms with van der Waals surface area (Å²) in [5, 5.41) is 2.86. The van der Waals surface area contributed by atoms with Crippen LogP contribution in [0, 0.1) is 5.92 Å². The number of anilines is 1. The Hall–Kier alpha value is -1.26. The highest BCUT2D eigenvalue weighted by atomic mass is 35.5. The highest BCUT2D eigenvalue weighted by Crippen LogP contribution is 2.25. The van der Waals surface area contributed by atoms with Crippen molar-refractivity contribution in [2.45, 2.75) is 44.9 Å². The van der Waals surface area contributed by atoms with Crippen molar-refractivity contribution in [1.82, 2.24) is 0 Å². The largest absolute Gasteiger partial charge is 0.493 e. The molecule has 1 aliphatic rings. The lowest BCUT2D eigenvalue weighted by molar-refractivity contribution is -0.116. The van der Waals surface area contributed by atoms with Crippen molar-refractivity contribution in [2.75, 3.05) is 18.5 Å². The van der Waals surface area contributed by atoms with Gasteiger partial charge in [-0.25, -0.2) is 0 Å². The minimum Gasteiger partial charge on any atom is -0.493 e. The highest BCUT2D eigenvalue weighted by molar-refractivity contribution is 5.90. The van der Waals surface area contributed by atoms with Crippen LogP contribution >= 0.6 is 12.4 Å². The molecule has 2 rings (SSSR count). The van der Waals surface area contributed by atoms with Gasteiger partial charge in [-0.15, -0.1) is 12.4 Å². The Bertz CT molecular complexity index is 431. The number of carbonyl (C=O) groups is 1. The number of hydrogen-bond acceptors (Lipinski definition) is 3. The molecular formula is C17H27ClN2O2. The molecule has 3 N–H and O–H groups in total. The second-order valence-corrected chi connectivity index (χ2v) is 5.78. The van der Waals surface area contributed by atoms with Crippen molar-refractivity contribution in [3.63, 3.8) is 0 Å². The molecule has 0 unspecified atom stereocenters. The molecule has 1 aromatic rings. The molecule has 0 heterocycles. The Kier molecular flexibility index (Phi) is 8.94. The van der Waals surface area contributed by atoms with E-state index in [1.54, 1.807) is 0 Å². The maximum Gasteiger partial charge on any atom is 0.224 e. The van der Waals surface area contributed by atoms with Crippen molar-refractivity contribution in [3.8, 4) is 5.75 Å². The van der Waals surface area contributed by atoms with Gasteiger partial charge in [0, 0.05) is 12.1 Å². The van der Waals surface area contributed by atoms with Crippen LogP contribution in [0.4, 0.5) is 5.69 Å². The molecule has 5 heteroatoms. The first-order valence-corrected chi connectivity index (χ1v) is 8.00. The number of nitrogens with two attached hydrogens (primary N) is 1. The maximum atomic E-state index is 11.6. The molecular weight excluding hydrogens is 300 g/mol. The van der Waals surface area contributed by atoms with Gasteiger partial charge in [-0.05, 0) is 56.0 Å². The summed E-state index contributed by atoms with van der Waals surface area (Å²) in [5.74, 6) is 1.59. The van der Waals surface area contributed by atoms with Crippen molar-refractivity contribution in [3.05, 3.63) is 24.3 Å². The summed E-state index contributed by atoms with van der Waals surface area (Å²) in [6.07, 6.45) is 7.80. The number of hydrogen-bond donors (Lipinski definition) is 2. The van der Waals surface area contributed by atoms with Gasteiger partial charge in [0.25, 0.3) is 0 Å². The van der Waals surface area contributed by atoms with Crippen molar-refractivity contribution in [1.29, 1.82) is 0 Å². The van der Waals surface area contributed by atoms with E-state index >= 15 is 0 Å². The number of benzene rings is 1. The summed E-state index contributed by atoms with van der Waals surface area (Å²) in [7, 11) is 0. The first kappa shape index (κ1) is 18.8. The zero-order valence-corrected chi connectivity index (χ0v) is 13.9. The lowest BCUT2D eigenvalue weighted by atomic mass is 9.90. The van der Waals surface area contributed by atoms with E-state index in [1.165, 1.54) is 32.1 Å². The summed E-state index contributed by atoms with van der Waals surface area (Å²) in [4.78, 5) is 11.6. The monoisotopic (exact) mass is 326 g/mol. The van der Waals surface area contributed by atoms with Crippen LogP contribution < -0.4 is 15.8 Å². The van der Waals surface area contributed by atoms with Crippen LogP contribution in [0.25, 0.3) is 0 Å². The van der Waals surface area contributed by atoms with Crippen LogP contribution in [-0.4, -0.2) is 19.1 Å². The van der Waals surface area contributed by atoms with Gasteiger partial charge < -0.3 is 15.8 Å². The Balaban J connectivity index is 0.00000242. The second kappa shape index (κ2) is 10.5. The third-order valence-electron chi connectivity index (χ3n) is 3.96. The molecule has 1 saturated carbocycles. The number of amides is 1. The molecule has 0 atom stereocenters. The minimum absolute atomic E-state index is 0. The molecule has 0 radical (unpaired) electrons. The van der Waals surface area contributed by atoms with Crippen LogP contribution in [0.2, 0.25) is 0 Å². The van der Waals surface area contributed by atoms with Crippen molar-refractivity contribution >= 4 is 24.0 Å². The van der Waals surface area contributed by atoms with E-state index < -0.39 is 0 Å². The number of nitrogens with one attached hydrogen (secondary N) is 1. The van der Waals surface area contributed by atoms with Crippen LogP contribution in [0.3, 0.4) is 0 Å². The quantitative estimate of drug-likeness (QED) is 0.802. The molecule has 1 aliphatic carbocycles. The van der Waals surface area contributed by atoms with E-state index in [2.05, 4.69) is 5.32 Å². The summed E-state index contributed by atoms with van der Waals surface area (Å²) >= 11 is 0. The molecule has 4 nitrogen and oxygen atoms in total.